The Bertz CT molecular complexity index is 1370. The highest BCUT2D eigenvalue weighted by Crippen LogP contribution is 2.37. The van der Waals surface area contributed by atoms with Gasteiger partial charge in [-0.3, -0.25) is 4.57 Å². The van der Waals surface area contributed by atoms with E-state index < -0.39 is 0 Å². The van der Waals surface area contributed by atoms with Gasteiger partial charge in [0.25, 0.3) is 0 Å². The minimum absolute atomic E-state index is 0.0218. The molecule has 1 saturated carbocycles. The van der Waals surface area contributed by atoms with Crippen LogP contribution in [0, 0.1) is 0 Å². The molecule has 180 valence electrons. The average molecular weight is 463 g/mol. The van der Waals surface area contributed by atoms with E-state index in [9.17, 15) is 4.79 Å². The standard InChI is InChI=1S/C26H34N6O2/c1-15(2)20-12-23-22(11-21(20)17-10-24(34-5)25-27-14-28-31(25)13-17)30-26(33)32(23)19-8-6-18(7-9-19)29-16(3)4/h10-16,18-19,29H,6-9H2,1-5H3,(H,30,33)/t18-,19+. The first-order valence-corrected chi connectivity index (χ1v) is 12.3. The molecule has 1 aromatic carbocycles. The summed E-state index contributed by atoms with van der Waals surface area (Å²) < 4.78 is 9.31. The number of pyridine rings is 1. The first-order chi connectivity index (χ1) is 16.4. The highest BCUT2D eigenvalue weighted by molar-refractivity contribution is 5.85. The van der Waals surface area contributed by atoms with Crippen LogP contribution >= 0.6 is 0 Å². The number of imidazole rings is 1. The number of aromatic amines is 1. The first kappa shape index (κ1) is 22.7. The normalized spacial score (nSPS) is 19.0. The molecule has 3 aromatic heterocycles. The third-order valence-corrected chi connectivity index (χ3v) is 7.01. The van der Waals surface area contributed by atoms with Crippen LogP contribution in [0.3, 0.4) is 0 Å². The predicted molar refractivity (Wildman–Crippen MR) is 135 cm³/mol. The zero-order chi connectivity index (χ0) is 24.0. The van der Waals surface area contributed by atoms with E-state index in [0.717, 1.165) is 47.8 Å². The van der Waals surface area contributed by atoms with Gasteiger partial charge in [-0.2, -0.15) is 5.10 Å². The van der Waals surface area contributed by atoms with Crippen molar-refractivity contribution in [2.75, 3.05) is 7.11 Å². The molecule has 1 aliphatic rings. The molecule has 34 heavy (non-hydrogen) atoms. The van der Waals surface area contributed by atoms with Crippen LogP contribution in [0.2, 0.25) is 0 Å². The number of nitrogens with zero attached hydrogens (tertiary/aromatic N) is 4. The molecule has 0 saturated heterocycles. The third kappa shape index (κ3) is 4.00. The van der Waals surface area contributed by atoms with E-state index in [2.05, 4.69) is 60.2 Å². The Kier molecular flexibility index (Phi) is 5.93. The van der Waals surface area contributed by atoms with Gasteiger partial charge >= 0.3 is 5.69 Å². The Hall–Kier alpha value is -3.13. The van der Waals surface area contributed by atoms with Crippen molar-refractivity contribution in [3.05, 3.63) is 46.8 Å². The fraction of sp³-hybridized carbons (Fsp3) is 0.500. The summed E-state index contributed by atoms with van der Waals surface area (Å²) in [7, 11) is 1.64. The van der Waals surface area contributed by atoms with E-state index in [-0.39, 0.29) is 17.6 Å². The van der Waals surface area contributed by atoms with E-state index in [1.165, 1.54) is 11.9 Å². The molecule has 8 nitrogen and oxygen atoms in total. The molecule has 3 heterocycles. The Morgan fingerprint density at radius 1 is 1.12 bits per heavy atom. The molecule has 0 unspecified atom stereocenters. The number of nitrogens with one attached hydrogen (secondary N) is 2. The lowest BCUT2D eigenvalue weighted by atomic mass is 9.90. The monoisotopic (exact) mass is 462 g/mol. The van der Waals surface area contributed by atoms with Crippen molar-refractivity contribution < 1.29 is 4.74 Å². The molecule has 0 spiro atoms. The van der Waals surface area contributed by atoms with Gasteiger partial charge in [0.15, 0.2) is 11.4 Å². The summed E-state index contributed by atoms with van der Waals surface area (Å²) in [5.74, 6) is 0.948. The van der Waals surface area contributed by atoms with Crippen LogP contribution in [-0.2, 0) is 0 Å². The Morgan fingerprint density at radius 3 is 2.56 bits per heavy atom. The second kappa shape index (κ2) is 8.91. The topological polar surface area (TPSA) is 89.2 Å². The van der Waals surface area contributed by atoms with Gasteiger partial charge in [0.1, 0.15) is 6.33 Å². The fourth-order valence-electron chi connectivity index (χ4n) is 5.44. The van der Waals surface area contributed by atoms with Gasteiger partial charge in [0, 0.05) is 29.9 Å². The van der Waals surface area contributed by atoms with E-state index in [1.54, 1.807) is 11.6 Å². The predicted octanol–water partition coefficient (Wildman–Crippen LogP) is 4.65. The van der Waals surface area contributed by atoms with Gasteiger partial charge in [-0.05, 0) is 60.9 Å². The van der Waals surface area contributed by atoms with Crippen LogP contribution in [-0.4, -0.2) is 43.3 Å². The molecule has 0 radical (unpaired) electrons. The van der Waals surface area contributed by atoms with Gasteiger partial charge in [-0.15, -0.1) is 0 Å². The van der Waals surface area contributed by atoms with Crippen molar-refractivity contribution in [1.82, 2.24) is 29.5 Å². The lowest BCUT2D eigenvalue weighted by Gasteiger charge is -2.31. The van der Waals surface area contributed by atoms with Crippen molar-refractivity contribution >= 4 is 16.7 Å². The summed E-state index contributed by atoms with van der Waals surface area (Å²) in [6.45, 7) is 8.76. The van der Waals surface area contributed by atoms with Crippen LogP contribution in [0.25, 0.3) is 27.8 Å². The fourth-order valence-corrected chi connectivity index (χ4v) is 5.44. The minimum atomic E-state index is -0.0218. The van der Waals surface area contributed by atoms with Crippen LogP contribution < -0.4 is 15.7 Å². The maximum Gasteiger partial charge on any atom is 0.326 e. The smallest absolute Gasteiger partial charge is 0.326 e. The van der Waals surface area contributed by atoms with Crippen LogP contribution in [0.5, 0.6) is 5.75 Å². The van der Waals surface area contributed by atoms with Crippen molar-refractivity contribution in [2.45, 2.75) is 77.4 Å². The summed E-state index contributed by atoms with van der Waals surface area (Å²) in [4.78, 5) is 20.5. The molecule has 8 heteroatoms. The first-order valence-electron chi connectivity index (χ1n) is 12.3. The average Bonchev–Trinajstić information content (AvgIpc) is 3.40. The molecule has 0 aliphatic heterocycles. The lowest BCUT2D eigenvalue weighted by Crippen LogP contribution is -2.38. The van der Waals surface area contributed by atoms with Gasteiger partial charge in [-0.1, -0.05) is 27.7 Å². The zero-order valence-electron chi connectivity index (χ0n) is 20.6. The molecule has 4 aromatic rings. The number of benzene rings is 1. The summed E-state index contributed by atoms with van der Waals surface area (Å²) >= 11 is 0. The maximum absolute atomic E-state index is 13.1. The number of H-pyrrole nitrogens is 1. The van der Waals surface area contributed by atoms with Gasteiger partial charge in [-0.25, -0.2) is 14.3 Å². The Morgan fingerprint density at radius 2 is 1.88 bits per heavy atom. The van der Waals surface area contributed by atoms with Crippen molar-refractivity contribution in [3.8, 4) is 16.9 Å². The molecule has 0 amide bonds. The third-order valence-electron chi connectivity index (χ3n) is 7.01. The number of rotatable bonds is 6. The second-order valence-electron chi connectivity index (χ2n) is 10.1. The molecule has 0 bridgehead atoms. The molecular formula is C26H34N6O2. The van der Waals surface area contributed by atoms with Crippen molar-refractivity contribution in [2.24, 2.45) is 0 Å². The second-order valence-corrected chi connectivity index (χ2v) is 10.1. The number of fused-ring (bicyclic) bond motifs is 2. The summed E-state index contributed by atoms with van der Waals surface area (Å²) in [6, 6.07) is 7.55. The SMILES string of the molecule is COc1cc(-c2cc3[nH]c(=O)n([C@H]4CC[C@@H](NC(C)C)CC4)c3cc2C(C)C)cn2ncnc12. The number of aromatic nitrogens is 5. The Balaban J connectivity index is 1.58. The van der Waals surface area contributed by atoms with E-state index in [0.29, 0.717) is 23.5 Å². The van der Waals surface area contributed by atoms with Crippen LogP contribution in [0.15, 0.2) is 35.5 Å². The zero-order valence-corrected chi connectivity index (χ0v) is 20.6. The summed E-state index contributed by atoms with van der Waals surface area (Å²) in [6.07, 6.45) is 7.70. The van der Waals surface area contributed by atoms with E-state index in [1.807, 2.05) is 16.8 Å². The van der Waals surface area contributed by atoms with Gasteiger partial charge < -0.3 is 15.0 Å². The number of hydrogen-bond acceptors (Lipinski definition) is 5. The molecule has 5 rings (SSSR count). The van der Waals surface area contributed by atoms with Crippen LogP contribution in [0.4, 0.5) is 0 Å². The molecule has 0 atom stereocenters. The summed E-state index contributed by atoms with van der Waals surface area (Å²) in [5, 5.41) is 7.96. The maximum atomic E-state index is 13.1. The quantitative estimate of drug-likeness (QED) is 0.435. The number of methoxy groups -OCH3 is 1. The summed E-state index contributed by atoms with van der Waals surface area (Å²) in [5.41, 5.74) is 5.76. The van der Waals surface area contributed by atoms with Gasteiger partial charge in [0.2, 0.25) is 0 Å². The van der Waals surface area contributed by atoms with Crippen molar-refractivity contribution in [3.63, 3.8) is 0 Å². The Labute approximate surface area is 199 Å². The highest BCUT2D eigenvalue weighted by atomic mass is 16.5. The number of ether oxygens (including phenoxy) is 1. The molecule has 2 N–H and O–H groups in total. The largest absolute Gasteiger partial charge is 0.493 e. The minimum Gasteiger partial charge on any atom is -0.493 e. The van der Waals surface area contributed by atoms with Crippen molar-refractivity contribution in [1.29, 1.82) is 0 Å². The molecule has 1 fully saturated rings. The van der Waals surface area contributed by atoms with Gasteiger partial charge in [0.05, 0.1) is 18.1 Å². The lowest BCUT2D eigenvalue weighted by molar-refractivity contribution is 0.281. The molecular weight excluding hydrogens is 428 g/mol. The van der Waals surface area contributed by atoms with E-state index >= 15 is 0 Å². The molecule has 1 aliphatic carbocycles. The highest BCUT2D eigenvalue weighted by Gasteiger charge is 2.26. The number of hydrogen-bond donors (Lipinski definition) is 2. The van der Waals surface area contributed by atoms with E-state index in [4.69, 9.17) is 4.74 Å². The van der Waals surface area contributed by atoms with Crippen LogP contribution in [0.1, 0.15) is 70.9 Å².